The number of ether oxygens (including phenoxy) is 2. The van der Waals surface area contributed by atoms with E-state index in [1.165, 1.54) is 0 Å². The van der Waals surface area contributed by atoms with Crippen molar-refractivity contribution in [3.63, 3.8) is 0 Å². The first-order valence-electron chi connectivity index (χ1n) is 10.1. The van der Waals surface area contributed by atoms with Crippen LogP contribution in [0.25, 0.3) is 11.1 Å². The molecule has 32 heavy (non-hydrogen) atoms. The molecule has 0 aliphatic carbocycles. The third-order valence-electron chi connectivity index (χ3n) is 4.60. The number of nitrogens with zero attached hydrogens (tertiary/aromatic N) is 1. The van der Waals surface area contributed by atoms with Crippen LogP contribution in [-0.2, 0) is 32.3 Å². The van der Waals surface area contributed by atoms with E-state index < -0.39 is 17.2 Å². The fraction of sp³-hybridized carbons (Fsp3) is 0.160. The Kier molecular flexibility index (Phi) is 7.19. The molecular formula is C25H21NO5S. The summed E-state index contributed by atoms with van der Waals surface area (Å²) in [5.74, 6) is -1.03. The molecule has 162 valence electrons. The smallest absolute Gasteiger partial charge is 0.320 e. The van der Waals surface area contributed by atoms with Crippen LogP contribution in [0.2, 0.25) is 0 Å². The molecule has 0 aliphatic heterocycles. The van der Waals surface area contributed by atoms with Gasteiger partial charge in [0.15, 0.2) is 5.58 Å². The number of esters is 2. The number of fused-ring (bicyclic) bond motifs is 1. The number of para-hydroxylation sites is 2. The summed E-state index contributed by atoms with van der Waals surface area (Å²) in [4.78, 5) is 29.7. The first kappa shape index (κ1) is 21.6. The fourth-order valence-corrected chi connectivity index (χ4v) is 3.88. The van der Waals surface area contributed by atoms with E-state index in [2.05, 4.69) is 4.98 Å². The monoisotopic (exact) mass is 447 g/mol. The number of oxazole rings is 1. The first-order valence-corrected chi connectivity index (χ1v) is 11.0. The average Bonchev–Trinajstić information content (AvgIpc) is 3.24. The van der Waals surface area contributed by atoms with Gasteiger partial charge in [-0.15, -0.1) is 0 Å². The number of aromatic nitrogens is 1. The van der Waals surface area contributed by atoms with Crippen LogP contribution in [0.3, 0.4) is 0 Å². The summed E-state index contributed by atoms with van der Waals surface area (Å²) >= 11 is 1.05. The Morgan fingerprint density at radius 1 is 0.812 bits per heavy atom. The van der Waals surface area contributed by atoms with Crippen LogP contribution in [0.1, 0.15) is 17.5 Å². The topological polar surface area (TPSA) is 78.6 Å². The molecule has 4 aromatic rings. The molecule has 0 N–H and O–H groups in total. The lowest BCUT2D eigenvalue weighted by atomic mass is 10.2. The lowest BCUT2D eigenvalue weighted by Gasteiger charge is -2.14. The molecule has 1 unspecified atom stereocenters. The number of carbonyl (C=O) groups is 2. The molecule has 6 nitrogen and oxygen atoms in total. The summed E-state index contributed by atoms with van der Waals surface area (Å²) in [6.07, 6.45) is -0.163. The Morgan fingerprint density at radius 2 is 1.41 bits per heavy atom. The number of hydrogen-bond acceptors (Lipinski definition) is 7. The van der Waals surface area contributed by atoms with Crippen LogP contribution < -0.4 is 0 Å². The second-order valence-electron chi connectivity index (χ2n) is 7.00. The molecule has 0 radical (unpaired) electrons. The zero-order chi connectivity index (χ0) is 22.2. The van der Waals surface area contributed by atoms with Crippen molar-refractivity contribution < 1.29 is 23.5 Å². The Morgan fingerprint density at radius 3 is 2.06 bits per heavy atom. The minimum Gasteiger partial charge on any atom is -0.461 e. The van der Waals surface area contributed by atoms with Crippen molar-refractivity contribution in [1.29, 1.82) is 0 Å². The van der Waals surface area contributed by atoms with Gasteiger partial charge in [-0.05, 0) is 23.3 Å². The Bertz CT molecular complexity index is 1140. The van der Waals surface area contributed by atoms with Gasteiger partial charge < -0.3 is 13.9 Å². The molecule has 1 atom stereocenters. The van der Waals surface area contributed by atoms with Gasteiger partial charge in [0.1, 0.15) is 24.0 Å². The normalized spacial score (nSPS) is 11.8. The lowest BCUT2D eigenvalue weighted by molar-refractivity contribution is -0.151. The van der Waals surface area contributed by atoms with Crippen LogP contribution in [0, 0.1) is 0 Å². The Balaban J connectivity index is 1.43. The number of carbonyl (C=O) groups excluding carboxylic acids is 2. The van der Waals surface area contributed by atoms with E-state index in [4.69, 9.17) is 13.9 Å². The lowest BCUT2D eigenvalue weighted by Crippen LogP contribution is -2.24. The highest BCUT2D eigenvalue weighted by Gasteiger charge is 2.28. The highest BCUT2D eigenvalue weighted by molar-refractivity contribution is 8.00. The van der Waals surface area contributed by atoms with E-state index in [-0.39, 0.29) is 19.6 Å². The van der Waals surface area contributed by atoms with Gasteiger partial charge >= 0.3 is 11.9 Å². The molecule has 0 fully saturated rings. The molecule has 0 saturated carbocycles. The zero-order valence-corrected chi connectivity index (χ0v) is 18.0. The van der Waals surface area contributed by atoms with Crippen molar-refractivity contribution in [2.24, 2.45) is 0 Å². The van der Waals surface area contributed by atoms with Gasteiger partial charge in [-0.25, -0.2) is 4.98 Å². The van der Waals surface area contributed by atoms with Crippen molar-refractivity contribution >= 4 is 34.8 Å². The van der Waals surface area contributed by atoms with E-state index in [0.717, 1.165) is 22.9 Å². The minimum atomic E-state index is -0.852. The maximum atomic E-state index is 12.8. The molecule has 0 spiro atoms. The minimum absolute atomic E-state index is 0.114. The second kappa shape index (κ2) is 10.6. The van der Waals surface area contributed by atoms with Crippen LogP contribution in [0.5, 0.6) is 0 Å². The van der Waals surface area contributed by atoms with E-state index in [1.807, 2.05) is 78.9 Å². The molecule has 0 bridgehead atoms. The van der Waals surface area contributed by atoms with Crippen molar-refractivity contribution in [2.75, 3.05) is 0 Å². The van der Waals surface area contributed by atoms with Gasteiger partial charge in [-0.1, -0.05) is 84.6 Å². The number of benzene rings is 3. The molecule has 3 aromatic carbocycles. The SMILES string of the molecule is O=C(CC(Sc1nc2ccccc2o1)C(=O)OCc1ccccc1)OCc1ccccc1. The van der Waals surface area contributed by atoms with Crippen molar-refractivity contribution in [1.82, 2.24) is 4.98 Å². The summed E-state index contributed by atoms with van der Waals surface area (Å²) in [6.45, 7) is 0.252. The fourth-order valence-electron chi connectivity index (χ4n) is 2.97. The van der Waals surface area contributed by atoms with Crippen LogP contribution in [0.15, 0.2) is 94.6 Å². The summed E-state index contributed by atoms with van der Waals surface area (Å²) < 4.78 is 16.5. The third kappa shape index (κ3) is 5.98. The van der Waals surface area contributed by atoms with Crippen molar-refractivity contribution in [3.05, 3.63) is 96.1 Å². The molecule has 0 aliphatic rings. The second-order valence-corrected chi connectivity index (χ2v) is 8.15. The van der Waals surface area contributed by atoms with Crippen molar-refractivity contribution in [3.8, 4) is 0 Å². The molecule has 4 rings (SSSR count). The summed E-state index contributed by atoms with van der Waals surface area (Å²) in [5.41, 5.74) is 3.02. The van der Waals surface area contributed by atoms with Crippen molar-refractivity contribution in [2.45, 2.75) is 30.1 Å². The van der Waals surface area contributed by atoms with E-state index in [0.29, 0.717) is 16.3 Å². The quantitative estimate of drug-likeness (QED) is 0.259. The molecule has 7 heteroatoms. The van der Waals surface area contributed by atoms with Gasteiger partial charge in [0, 0.05) is 0 Å². The highest BCUT2D eigenvalue weighted by Crippen LogP contribution is 2.29. The maximum absolute atomic E-state index is 12.8. The summed E-state index contributed by atoms with van der Waals surface area (Å²) in [5, 5.41) is -0.557. The Labute approximate surface area is 189 Å². The van der Waals surface area contributed by atoms with Crippen LogP contribution in [-0.4, -0.2) is 22.2 Å². The van der Waals surface area contributed by atoms with E-state index in [9.17, 15) is 9.59 Å². The van der Waals surface area contributed by atoms with Gasteiger partial charge in [-0.3, -0.25) is 9.59 Å². The average molecular weight is 448 g/mol. The number of rotatable bonds is 9. The predicted molar refractivity (Wildman–Crippen MR) is 121 cm³/mol. The van der Waals surface area contributed by atoms with Crippen LogP contribution in [0.4, 0.5) is 0 Å². The largest absolute Gasteiger partial charge is 0.461 e. The first-order chi connectivity index (χ1) is 15.7. The zero-order valence-electron chi connectivity index (χ0n) is 17.2. The highest BCUT2D eigenvalue weighted by atomic mass is 32.2. The van der Waals surface area contributed by atoms with Crippen LogP contribution >= 0.6 is 11.8 Å². The molecule has 0 amide bonds. The maximum Gasteiger partial charge on any atom is 0.320 e. The number of thioether (sulfide) groups is 1. The number of hydrogen-bond donors (Lipinski definition) is 0. The molecule has 0 saturated heterocycles. The molecular weight excluding hydrogens is 426 g/mol. The van der Waals surface area contributed by atoms with Gasteiger partial charge in [0.2, 0.25) is 0 Å². The van der Waals surface area contributed by atoms with E-state index in [1.54, 1.807) is 6.07 Å². The third-order valence-corrected chi connectivity index (χ3v) is 5.62. The molecule has 1 aromatic heterocycles. The Hall–Kier alpha value is -3.58. The summed E-state index contributed by atoms with van der Waals surface area (Å²) in [7, 11) is 0. The molecule has 1 heterocycles. The standard InChI is InChI=1S/C25H21NO5S/c27-23(29-16-18-9-3-1-4-10-18)15-22(24(28)30-17-19-11-5-2-6-12-19)32-25-26-20-13-7-8-14-21(20)31-25/h1-14,22H,15-17H2. The van der Waals surface area contributed by atoms with Gasteiger partial charge in [-0.2, -0.15) is 0 Å². The summed E-state index contributed by atoms with van der Waals surface area (Å²) in [6, 6.07) is 26.0. The van der Waals surface area contributed by atoms with E-state index >= 15 is 0 Å². The van der Waals surface area contributed by atoms with Gasteiger partial charge in [0.25, 0.3) is 5.22 Å². The van der Waals surface area contributed by atoms with Gasteiger partial charge in [0.05, 0.1) is 6.42 Å². The predicted octanol–water partition coefficient (Wildman–Crippen LogP) is 5.17.